The van der Waals surface area contributed by atoms with Gasteiger partial charge in [-0.25, -0.2) is 4.79 Å². The van der Waals surface area contributed by atoms with Crippen LogP contribution in [0.4, 0.5) is 0 Å². The molecule has 0 heterocycles. The van der Waals surface area contributed by atoms with Crippen molar-refractivity contribution < 1.29 is 14.3 Å². The van der Waals surface area contributed by atoms with Gasteiger partial charge in [0.05, 0.1) is 6.61 Å². The van der Waals surface area contributed by atoms with E-state index in [4.69, 9.17) is 15.2 Å². The van der Waals surface area contributed by atoms with Crippen LogP contribution >= 0.6 is 0 Å². The number of aryl methyl sites for hydroxylation is 3. The SMILES string of the molecule is CCOC(=O)C(C)(N)COc1c(C)cc(C)cc1C. The minimum absolute atomic E-state index is 0.0938. The minimum atomic E-state index is -1.14. The number of nitrogens with two attached hydrogens (primary N) is 1. The van der Waals surface area contributed by atoms with E-state index in [2.05, 4.69) is 0 Å². The molecule has 0 aliphatic heterocycles. The number of esters is 1. The average molecular weight is 265 g/mol. The number of ether oxygens (including phenoxy) is 2. The van der Waals surface area contributed by atoms with Gasteiger partial charge in [0.1, 0.15) is 17.9 Å². The predicted octanol–water partition coefficient (Wildman–Crippen LogP) is 2.27. The Balaban J connectivity index is 2.79. The maximum atomic E-state index is 11.7. The quantitative estimate of drug-likeness (QED) is 0.830. The third-order valence-corrected chi connectivity index (χ3v) is 2.86. The molecule has 1 atom stereocenters. The second kappa shape index (κ2) is 6.06. The van der Waals surface area contributed by atoms with Crippen LogP contribution in [-0.2, 0) is 9.53 Å². The van der Waals surface area contributed by atoms with Crippen molar-refractivity contribution in [2.75, 3.05) is 13.2 Å². The average Bonchev–Trinajstić information content (AvgIpc) is 2.27. The van der Waals surface area contributed by atoms with Crippen molar-refractivity contribution in [3.05, 3.63) is 28.8 Å². The third kappa shape index (κ3) is 3.96. The molecule has 1 unspecified atom stereocenters. The van der Waals surface area contributed by atoms with Gasteiger partial charge in [-0.05, 0) is 45.7 Å². The first-order valence-electron chi connectivity index (χ1n) is 6.44. The lowest BCUT2D eigenvalue weighted by atomic mass is 10.0. The van der Waals surface area contributed by atoms with Gasteiger partial charge in [-0.15, -0.1) is 0 Å². The van der Waals surface area contributed by atoms with E-state index in [-0.39, 0.29) is 6.61 Å². The number of carbonyl (C=O) groups is 1. The Morgan fingerprint density at radius 1 is 1.26 bits per heavy atom. The van der Waals surface area contributed by atoms with Crippen molar-refractivity contribution >= 4 is 5.97 Å². The lowest BCUT2D eigenvalue weighted by Gasteiger charge is -2.23. The number of rotatable bonds is 5. The van der Waals surface area contributed by atoms with Gasteiger partial charge in [0.15, 0.2) is 0 Å². The Labute approximate surface area is 114 Å². The lowest BCUT2D eigenvalue weighted by Crippen LogP contribution is -2.51. The van der Waals surface area contributed by atoms with Crippen LogP contribution in [-0.4, -0.2) is 24.7 Å². The van der Waals surface area contributed by atoms with E-state index in [9.17, 15) is 4.79 Å². The summed E-state index contributed by atoms with van der Waals surface area (Å²) in [6.07, 6.45) is 0. The largest absolute Gasteiger partial charge is 0.490 e. The fourth-order valence-corrected chi connectivity index (χ4v) is 1.97. The molecule has 0 amide bonds. The zero-order valence-electron chi connectivity index (χ0n) is 12.4. The number of benzene rings is 1. The molecular weight excluding hydrogens is 242 g/mol. The molecule has 106 valence electrons. The van der Waals surface area contributed by atoms with Gasteiger partial charge in [0, 0.05) is 0 Å². The smallest absolute Gasteiger partial charge is 0.329 e. The van der Waals surface area contributed by atoms with E-state index in [0.717, 1.165) is 16.9 Å². The Kier molecular flexibility index (Phi) is 4.95. The van der Waals surface area contributed by atoms with E-state index in [1.165, 1.54) is 5.56 Å². The van der Waals surface area contributed by atoms with E-state index < -0.39 is 11.5 Å². The summed E-state index contributed by atoms with van der Waals surface area (Å²) in [5.41, 5.74) is 8.05. The predicted molar refractivity (Wildman–Crippen MR) is 75.4 cm³/mol. The van der Waals surface area contributed by atoms with Crippen molar-refractivity contribution in [1.29, 1.82) is 0 Å². The number of hydrogen-bond donors (Lipinski definition) is 1. The van der Waals surface area contributed by atoms with Gasteiger partial charge in [-0.3, -0.25) is 0 Å². The molecule has 2 N–H and O–H groups in total. The van der Waals surface area contributed by atoms with Crippen molar-refractivity contribution in [1.82, 2.24) is 0 Å². The van der Waals surface area contributed by atoms with Crippen LogP contribution < -0.4 is 10.5 Å². The second-order valence-corrected chi connectivity index (χ2v) is 5.15. The van der Waals surface area contributed by atoms with Crippen molar-refractivity contribution in [2.24, 2.45) is 5.73 Å². The van der Waals surface area contributed by atoms with Crippen LogP contribution in [0.3, 0.4) is 0 Å². The maximum Gasteiger partial charge on any atom is 0.329 e. The van der Waals surface area contributed by atoms with Crippen LogP contribution in [0.2, 0.25) is 0 Å². The topological polar surface area (TPSA) is 61.5 Å². The second-order valence-electron chi connectivity index (χ2n) is 5.15. The molecule has 0 fully saturated rings. The van der Waals surface area contributed by atoms with Crippen molar-refractivity contribution in [3.63, 3.8) is 0 Å². The zero-order valence-corrected chi connectivity index (χ0v) is 12.4. The van der Waals surface area contributed by atoms with E-state index >= 15 is 0 Å². The van der Waals surface area contributed by atoms with Crippen LogP contribution in [0.25, 0.3) is 0 Å². The molecule has 1 rings (SSSR count). The highest BCUT2D eigenvalue weighted by molar-refractivity contribution is 5.80. The normalized spacial score (nSPS) is 13.8. The highest BCUT2D eigenvalue weighted by atomic mass is 16.5. The first-order chi connectivity index (χ1) is 8.77. The molecule has 0 saturated heterocycles. The summed E-state index contributed by atoms with van der Waals surface area (Å²) in [5, 5.41) is 0. The molecule has 0 bridgehead atoms. The Hall–Kier alpha value is -1.55. The highest BCUT2D eigenvalue weighted by Gasteiger charge is 2.31. The molecule has 0 aliphatic rings. The summed E-state index contributed by atoms with van der Waals surface area (Å²) in [6.45, 7) is 9.77. The monoisotopic (exact) mass is 265 g/mol. The molecule has 4 nitrogen and oxygen atoms in total. The maximum absolute atomic E-state index is 11.7. The van der Waals surface area contributed by atoms with Crippen LogP contribution in [0.5, 0.6) is 5.75 Å². The van der Waals surface area contributed by atoms with Gasteiger partial charge in [0.2, 0.25) is 0 Å². The summed E-state index contributed by atoms with van der Waals surface area (Å²) in [5.74, 6) is 0.337. The molecule has 4 heteroatoms. The number of carbonyl (C=O) groups excluding carboxylic acids is 1. The van der Waals surface area contributed by atoms with Crippen LogP contribution in [0, 0.1) is 20.8 Å². The molecular formula is C15H23NO3. The molecule has 1 aromatic carbocycles. The lowest BCUT2D eigenvalue weighted by molar-refractivity contribution is -0.150. The standard InChI is InChI=1S/C15H23NO3/c1-6-18-14(17)15(5,16)9-19-13-11(3)7-10(2)8-12(13)4/h7-8H,6,9,16H2,1-5H3. The third-order valence-electron chi connectivity index (χ3n) is 2.86. The number of hydrogen-bond acceptors (Lipinski definition) is 4. The summed E-state index contributed by atoms with van der Waals surface area (Å²) in [4.78, 5) is 11.7. The molecule has 0 aromatic heterocycles. The Morgan fingerprint density at radius 3 is 2.26 bits per heavy atom. The molecule has 0 saturated carbocycles. The summed E-state index contributed by atoms with van der Waals surface area (Å²) in [7, 11) is 0. The molecule has 1 aromatic rings. The highest BCUT2D eigenvalue weighted by Crippen LogP contribution is 2.25. The first-order valence-corrected chi connectivity index (χ1v) is 6.44. The van der Waals surface area contributed by atoms with Crippen LogP contribution in [0.1, 0.15) is 30.5 Å². The summed E-state index contributed by atoms with van der Waals surface area (Å²) in [6, 6.07) is 4.08. The first kappa shape index (κ1) is 15.5. The van der Waals surface area contributed by atoms with E-state index in [1.807, 2.05) is 32.9 Å². The fourth-order valence-electron chi connectivity index (χ4n) is 1.97. The Morgan fingerprint density at radius 2 is 1.79 bits per heavy atom. The van der Waals surface area contributed by atoms with Gasteiger partial charge in [-0.2, -0.15) is 0 Å². The van der Waals surface area contributed by atoms with Gasteiger partial charge >= 0.3 is 5.97 Å². The summed E-state index contributed by atoms with van der Waals surface area (Å²) < 4.78 is 10.7. The molecule has 19 heavy (non-hydrogen) atoms. The van der Waals surface area contributed by atoms with Gasteiger partial charge in [0.25, 0.3) is 0 Å². The van der Waals surface area contributed by atoms with Gasteiger partial charge < -0.3 is 15.2 Å². The summed E-state index contributed by atoms with van der Waals surface area (Å²) >= 11 is 0. The Bertz CT molecular complexity index is 443. The van der Waals surface area contributed by atoms with Crippen molar-refractivity contribution in [3.8, 4) is 5.75 Å². The zero-order chi connectivity index (χ0) is 14.6. The molecule has 0 aliphatic carbocycles. The minimum Gasteiger partial charge on any atom is -0.490 e. The van der Waals surface area contributed by atoms with Crippen LogP contribution in [0.15, 0.2) is 12.1 Å². The molecule has 0 radical (unpaired) electrons. The van der Waals surface area contributed by atoms with Crippen molar-refractivity contribution in [2.45, 2.75) is 40.2 Å². The molecule has 0 spiro atoms. The van der Waals surface area contributed by atoms with Gasteiger partial charge in [-0.1, -0.05) is 17.7 Å². The fraction of sp³-hybridized carbons (Fsp3) is 0.533. The van der Waals surface area contributed by atoms with E-state index in [1.54, 1.807) is 13.8 Å². The van der Waals surface area contributed by atoms with E-state index in [0.29, 0.717) is 6.61 Å².